The number of benzene rings is 1. The van der Waals surface area contributed by atoms with Gasteiger partial charge in [-0.25, -0.2) is 4.98 Å². The summed E-state index contributed by atoms with van der Waals surface area (Å²) in [6, 6.07) is 11.1. The molecule has 1 aromatic carbocycles. The molecule has 1 N–H and O–H groups in total. The fraction of sp³-hybridized carbons (Fsp3) is 0.368. The highest BCUT2D eigenvalue weighted by Crippen LogP contribution is 2.15. The Morgan fingerprint density at radius 2 is 2.04 bits per heavy atom. The van der Waals surface area contributed by atoms with Crippen molar-refractivity contribution in [2.45, 2.75) is 19.3 Å². The highest BCUT2D eigenvalue weighted by Gasteiger charge is 2.12. The number of pyridine rings is 1. The Balaban J connectivity index is 1.41. The van der Waals surface area contributed by atoms with Crippen LogP contribution in [0, 0.1) is 0 Å². The van der Waals surface area contributed by atoms with Crippen molar-refractivity contribution < 1.29 is 4.79 Å². The molecule has 1 saturated heterocycles. The lowest BCUT2D eigenvalue weighted by molar-refractivity contribution is 0.0952. The third-order valence-corrected chi connectivity index (χ3v) is 4.70. The summed E-state index contributed by atoms with van der Waals surface area (Å²) < 4.78 is 1.65. The monoisotopic (exact) mass is 350 g/mol. The Bertz CT molecular complexity index is 900. The van der Waals surface area contributed by atoms with Crippen LogP contribution in [0.5, 0.6) is 0 Å². The van der Waals surface area contributed by atoms with Gasteiger partial charge in [-0.1, -0.05) is 11.3 Å². The topological polar surface area (TPSA) is 75.9 Å². The summed E-state index contributed by atoms with van der Waals surface area (Å²) in [6.45, 7) is 4.12. The molecule has 1 fully saturated rings. The fourth-order valence-electron chi connectivity index (χ4n) is 3.33. The van der Waals surface area contributed by atoms with E-state index in [1.54, 1.807) is 10.9 Å². The van der Waals surface area contributed by atoms with Gasteiger partial charge in [-0.05, 0) is 69.2 Å². The van der Waals surface area contributed by atoms with E-state index in [0.717, 1.165) is 24.2 Å². The summed E-state index contributed by atoms with van der Waals surface area (Å²) in [7, 11) is 0. The lowest BCUT2D eigenvalue weighted by atomic mass is 10.2. The zero-order chi connectivity index (χ0) is 17.8. The molecule has 0 saturated carbocycles. The van der Waals surface area contributed by atoms with E-state index in [1.165, 1.54) is 25.9 Å². The Hall–Kier alpha value is -2.80. The number of rotatable bonds is 6. The Morgan fingerprint density at radius 1 is 1.15 bits per heavy atom. The molecule has 3 heterocycles. The second-order valence-corrected chi connectivity index (χ2v) is 6.56. The molecule has 7 heteroatoms. The van der Waals surface area contributed by atoms with Crippen molar-refractivity contribution in [3.05, 3.63) is 48.2 Å². The molecule has 1 amide bonds. The van der Waals surface area contributed by atoms with E-state index < -0.39 is 0 Å². The number of nitrogens with one attached hydrogen (secondary N) is 1. The van der Waals surface area contributed by atoms with Gasteiger partial charge in [0.2, 0.25) is 0 Å². The fourth-order valence-corrected chi connectivity index (χ4v) is 3.33. The smallest absolute Gasteiger partial charge is 0.251 e. The molecule has 0 radical (unpaired) electrons. The molecule has 0 bridgehead atoms. The van der Waals surface area contributed by atoms with Crippen LogP contribution in [-0.2, 0) is 0 Å². The molecular weight excluding hydrogens is 328 g/mol. The predicted molar refractivity (Wildman–Crippen MR) is 99.3 cm³/mol. The van der Waals surface area contributed by atoms with Crippen LogP contribution in [-0.4, -0.2) is 57.0 Å². The average Bonchev–Trinajstić information content (AvgIpc) is 3.35. The molecule has 0 atom stereocenters. The summed E-state index contributed by atoms with van der Waals surface area (Å²) in [5, 5.41) is 11.3. The number of nitrogens with zero attached hydrogens (tertiary/aromatic N) is 5. The molecule has 134 valence electrons. The normalized spacial score (nSPS) is 14.8. The van der Waals surface area contributed by atoms with Crippen LogP contribution < -0.4 is 5.32 Å². The number of aromatic nitrogens is 4. The van der Waals surface area contributed by atoms with Crippen LogP contribution in [0.3, 0.4) is 0 Å². The first-order chi connectivity index (χ1) is 12.8. The number of likely N-dealkylation sites (tertiary alicyclic amines) is 1. The Labute approximate surface area is 152 Å². The van der Waals surface area contributed by atoms with Crippen LogP contribution >= 0.6 is 0 Å². The van der Waals surface area contributed by atoms with E-state index in [4.69, 9.17) is 0 Å². The molecule has 3 aromatic rings. The van der Waals surface area contributed by atoms with Crippen molar-refractivity contribution in [2.24, 2.45) is 0 Å². The summed E-state index contributed by atoms with van der Waals surface area (Å²) in [6.07, 6.45) is 5.28. The van der Waals surface area contributed by atoms with E-state index in [1.807, 2.05) is 36.4 Å². The molecule has 26 heavy (non-hydrogen) atoms. The summed E-state index contributed by atoms with van der Waals surface area (Å²) >= 11 is 0. The summed E-state index contributed by atoms with van der Waals surface area (Å²) in [5.41, 5.74) is 2.79. The SMILES string of the molecule is O=C(NCCCN1CCCC1)c1cccc(-n2nnc3cccnc32)c1. The van der Waals surface area contributed by atoms with Crippen LogP contribution in [0.25, 0.3) is 16.9 Å². The van der Waals surface area contributed by atoms with Crippen molar-refractivity contribution in [3.8, 4) is 5.69 Å². The maximum atomic E-state index is 12.4. The zero-order valence-electron chi connectivity index (χ0n) is 14.6. The molecule has 2 aromatic heterocycles. The van der Waals surface area contributed by atoms with Crippen molar-refractivity contribution in [3.63, 3.8) is 0 Å². The molecular formula is C19H22N6O. The number of hydrogen-bond donors (Lipinski definition) is 1. The van der Waals surface area contributed by atoms with Gasteiger partial charge in [0.05, 0.1) is 5.69 Å². The van der Waals surface area contributed by atoms with E-state index in [9.17, 15) is 4.79 Å². The van der Waals surface area contributed by atoms with E-state index in [0.29, 0.717) is 17.8 Å². The predicted octanol–water partition coefficient (Wildman–Crippen LogP) is 2.03. The van der Waals surface area contributed by atoms with Crippen LogP contribution in [0.4, 0.5) is 0 Å². The Morgan fingerprint density at radius 3 is 2.92 bits per heavy atom. The first kappa shape index (κ1) is 16.7. The largest absolute Gasteiger partial charge is 0.352 e. The van der Waals surface area contributed by atoms with Crippen LogP contribution in [0.1, 0.15) is 29.6 Å². The molecule has 7 nitrogen and oxygen atoms in total. The van der Waals surface area contributed by atoms with Gasteiger partial charge in [0, 0.05) is 18.3 Å². The van der Waals surface area contributed by atoms with E-state index in [-0.39, 0.29) is 5.91 Å². The van der Waals surface area contributed by atoms with Crippen molar-refractivity contribution in [2.75, 3.05) is 26.2 Å². The van der Waals surface area contributed by atoms with Gasteiger partial charge in [0.15, 0.2) is 5.65 Å². The highest BCUT2D eigenvalue weighted by molar-refractivity contribution is 5.94. The van der Waals surface area contributed by atoms with Crippen molar-refractivity contribution >= 4 is 17.1 Å². The number of fused-ring (bicyclic) bond motifs is 1. The van der Waals surface area contributed by atoms with Gasteiger partial charge in [0.1, 0.15) is 5.52 Å². The summed E-state index contributed by atoms with van der Waals surface area (Å²) in [5.74, 6) is -0.0642. The quantitative estimate of drug-likeness (QED) is 0.689. The molecule has 0 spiro atoms. The molecule has 1 aliphatic rings. The van der Waals surface area contributed by atoms with Crippen molar-refractivity contribution in [1.29, 1.82) is 0 Å². The van der Waals surface area contributed by atoms with Crippen LogP contribution in [0.15, 0.2) is 42.6 Å². The molecule has 4 rings (SSSR count). The highest BCUT2D eigenvalue weighted by atomic mass is 16.1. The third-order valence-electron chi connectivity index (χ3n) is 4.70. The van der Waals surface area contributed by atoms with Gasteiger partial charge in [0.25, 0.3) is 5.91 Å². The minimum Gasteiger partial charge on any atom is -0.352 e. The zero-order valence-corrected chi connectivity index (χ0v) is 14.6. The standard InChI is InChI=1S/C19H22N6O/c26-19(21-10-5-13-24-11-1-2-12-24)15-6-3-7-16(14-15)25-18-17(22-23-25)8-4-9-20-18/h3-4,6-9,14H,1-2,5,10-13H2,(H,21,26). The van der Waals surface area contributed by atoms with Gasteiger partial charge in [-0.15, -0.1) is 5.10 Å². The number of amides is 1. The maximum Gasteiger partial charge on any atom is 0.251 e. The number of hydrogen-bond acceptors (Lipinski definition) is 5. The van der Waals surface area contributed by atoms with Crippen LogP contribution in [0.2, 0.25) is 0 Å². The lowest BCUT2D eigenvalue weighted by Crippen LogP contribution is -2.28. The van der Waals surface area contributed by atoms with Gasteiger partial charge in [-0.3, -0.25) is 4.79 Å². The molecule has 0 aliphatic carbocycles. The average molecular weight is 350 g/mol. The molecule has 1 aliphatic heterocycles. The lowest BCUT2D eigenvalue weighted by Gasteiger charge is -2.14. The van der Waals surface area contributed by atoms with Gasteiger partial charge in [-0.2, -0.15) is 4.68 Å². The van der Waals surface area contributed by atoms with E-state index >= 15 is 0 Å². The summed E-state index contributed by atoms with van der Waals surface area (Å²) in [4.78, 5) is 19.2. The second-order valence-electron chi connectivity index (χ2n) is 6.56. The number of carbonyl (C=O) groups excluding carboxylic acids is 1. The van der Waals surface area contributed by atoms with Crippen molar-refractivity contribution in [1.82, 2.24) is 30.2 Å². The minimum atomic E-state index is -0.0642. The molecule has 0 unspecified atom stereocenters. The minimum absolute atomic E-state index is 0.0642. The number of carbonyl (C=O) groups is 1. The van der Waals surface area contributed by atoms with E-state index in [2.05, 4.69) is 25.5 Å². The van der Waals surface area contributed by atoms with Gasteiger partial charge < -0.3 is 10.2 Å². The third kappa shape index (κ3) is 3.57. The first-order valence-corrected chi connectivity index (χ1v) is 9.09. The Kier molecular flexibility index (Phi) is 4.88. The maximum absolute atomic E-state index is 12.4. The second kappa shape index (κ2) is 7.61. The first-order valence-electron chi connectivity index (χ1n) is 9.09. The van der Waals surface area contributed by atoms with Gasteiger partial charge >= 0.3 is 0 Å².